The highest BCUT2D eigenvalue weighted by Gasteiger charge is 2.01. The molecular formula is C12H20N2O. The molecule has 0 aliphatic rings. The molecule has 15 heavy (non-hydrogen) atoms. The van der Waals surface area contributed by atoms with E-state index in [4.69, 9.17) is 0 Å². The summed E-state index contributed by atoms with van der Waals surface area (Å²) in [4.78, 5) is 11.4. The van der Waals surface area contributed by atoms with E-state index < -0.39 is 0 Å². The van der Waals surface area contributed by atoms with Crippen LogP contribution < -0.4 is 5.32 Å². The van der Waals surface area contributed by atoms with Gasteiger partial charge in [0.25, 0.3) is 0 Å². The molecule has 0 bridgehead atoms. The molecule has 84 valence electrons. The lowest BCUT2D eigenvalue weighted by Crippen LogP contribution is -2.27. The predicted octanol–water partition coefficient (Wildman–Crippen LogP) is 2.04. The van der Waals surface area contributed by atoms with E-state index in [1.165, 1.54) is 0 Å². The Labute approximate surface area is 91.5 Å². The van der Waals surface area contributed by atoms with Gasteiger partial charge in [-0.1, -0.05) is 13.8 Å². The van der Waals surface area contributed by atoms with Crippen LogP contribution in [0.5, 0.6) is 0 Å². The summed E-state index contributed by atoms with van der Waals surface area (Å²) in [6.07, 6.45) is 5.56. The molecule has 0 radical (unpaired) electrons. The van der Waals surface area contributed by atoms with Crippen LogP contribution in [-0.2, 0) is 11.3 Å². The highest BCUT2D eigenvalue weighted by molar-refractivity contribution is 5.75. The summed E-state index contributed by atoms with van der Waals surface area (Å²) in [5.74, 6) is 0.689. The molecule has 0 fully saturated rings. The quantitative estimate of drug-likeness (QED) is 0.762. The normalized spacial score (nSPS) is 10.6. The highest BCUT2D eigenvalue weighted by Crippen LogP contribution is 1.97. The number of nitrogens with one attached hydrogen (secondary N) is 1. The topological polar surface area (TPSA) is 34.0 Å². The minimum Gasteiger partial charge on any atom is -0.356 e. The molecular weight excluding hydrogens is 188 g/mol. The van der Waals surface area contributed by atoms with Gasteiger partial charge in [0.15, 0.2) is 0 Å². The zero-order valence-corrected chi connectivity index (χ0v) is 9.57. The zero-order chi connectivity index (χ0) is 11.1. The Kier molecular flexibility index (Phi) is 4.95. The molecule has 0 atom stereocenters. The summed E-state index contributed by atoms with van der Waals surface area (Å²) >= 11 is 0. The van der Waals surface area contributed by atoms with Gasteiger partial charge in [-0.25, -0.2) is 0 Å². The van der Waals surface area contributed by atoms with Crippen molar-refractivity contribution in [1.29, 1.82) is 0 Å². The van der Waals surface area contributed by atoms with Crippen molar-refractivity contribution in [2.45, 2.75) is 33.2 Å². The third-order valence-corrected chi connectivity index (χ3v) is 2.19. The van der Waals surface area contributed by atoms with E-state index in [-0.39, 0.29) is 5.91 Å². The van der Waals surface area contributed by atoms with Gasteiger partial charge >= 0.3 is 0 Å². The number of aromatic nitrogens is 1. The van der Waals surface area contributed by atoms with Crippen molar-refractivity contribution in [3.05, 3.63) is 24.5 Å². The monoisotopic (exact) mass is 208 g/mol. The molecule has 0 spiro atoms. The Balaban J connectivity index is 2.07. The Morgan fingerprint density at radius 2 is 2.00 bits per heavy atom. The lowest BCUT2D eigenvalue weighted by molar-refractivity contribution is -0.121. The van der Waals surface area contributed by atoms with Gasteiger partial charge in [-0.15, -0.1) is 0 Å². The van der Waals surface area contributed by atoms with Crippen LogP contribution in [0.4, 0.5) is 0 Å². The number of amides is 1. The van der Waals surface area contributed by atoms with Crippen LogP contribution in [0, 0.1) is 5.92 Å². The average molecular weight is 208 g/mol. The Morgan fingerprint density at radius 3 is 2.60 bits per heavy atom. The van der Waals surface area contributed by atoms with E-state index >= 15 is 0 Å². The van der Waals surface area contributed by atoms with E-state index in [2.05, 4.69) is 23.7 Å². The molecule has 1 rings (SSSR count). The van der Waals surface area contributed by atoms with Crippen molar-refractivity contribution < 1.29 is 4.79 Å². The van der Waals surface area contributed by atoms with Crippen LogP contribution in [0.3, 0.4) is 0 Å². The zero-order valence-electron chi connectivity index (χ0n) is 9.57. The van der Waals surface area contributed by atoms with Crippen LogP contribution in [0.25, 0.3) is 0 Å². The minimum absolute atomic E-state index is 0.163. The Hall–Kier alpha value is -1.25. The first-order valence-corrected chi connectivity index (χ1v) is 5.56. The third kappa shape index (κ3) is 5.25. The first-order chi connectivity index (χ1) is 7.18. The molecule has 0 saturated heterocycles. The van der Waals surface area contributed by atoms with Crippen LogP contribution in [0.15, 0.2) is 24.5 Å². The summed E-state index contributed by atoms with van der Waals surface area (Å²) < 4.78 is 2.09. The highest BCUT2D eigenvalue weighted by atomic mass is 16.1. The Bertz CT molecular complexity index is 278. The Morgan fingerprint density at radius 1 is 1.33 bits per heavy atom. The van der Waals surface area contributed by atoms with Gasteiger partial charge < -0.3 is 9.88 Å². The predicted molar refractivity (Wildman–Crippen MR) is 61.5 cm³/mol. The fourth-order valence-electron chi connectivity index (χ4n) is 1.35. The molecule has 1 aromatic heterocycles. The van der Waals surface area contributed by atoms with E-state index in [0.717, 1.165) is 19.5 Å². The van der Waals surface area contributed by atoms with Crippen LogP contribution in [0.1, 0.15) is 26.7 Å². The maximum absolute atomic E-state index is 11.4. The molecule has 3 nitrogen and oxygen atoms in total. The van der Waals surface area contributed by atoms with Crippen molar-refractivity contribution >= 4 is 5.91 Å². The number of aryl methyl sites for hydroxylation is 1. The van der Waals surface area contributed by atoms with Crippen molar-refractivity contribution in [2.75, 3.05) is 6.54 Å². The maximum Gasteiger partial charge on any atom is 0.220 e. The number of carbonyl (C=O) groups excluding carboxylic acids is 1. The summed E-state index contributed by atoms with van der Waals surface area (Å²) in [6, 6.07) is 4.00. The summed E-state index contributed by atoms with van der Waals surface area (Å²) in [5, 5.41) is 2.91. The van der Waals surface area contributed by atoms with E-state index in [0.29, 0.717) is 12.3 Å². The van der Waals surface area contributed by atoms with Crippen LogP contribution in [-0.4, -0.2) is 17.0 Å². The molecule has 1 amide bonds. The summed E-state index contributed by atoms with van der Waals surface area (Å²) in [7, 11) is 0. The van der Waals surface area contributed by atoms with Crippen LogP contribution >= 0.6 is 0 Å². The molecule has 3 heteroatoms. The molecule has 1 heterocycles. The number of hydrogen-bond acceptors (Lipinski definition) is 1. The van der Waals surface area contributed by atoms with Crippen LogP contribution in [0.2, 0.25) is 0 Å². The average Bonchev–Trinajstić information content (AvgIpc) is 2.67. The van der Waals surface area contributed by atoms with Crippen molar-refractivity contribution in [1.82, 2.24) is 9.88 Å². The molecule has 0 aromatic carbocycles. The molecule has 0 unspecified atom stereocenters. The van der Waals surface area contributed by atoms with E-state index in [1.54, 1.807) is 0 Å². The van der Waals surface area contributed by atoms with Crippen molar-refractivity contribution in [3.63, 3.8) is 0 Å². The lowest BCUT2D eigenvalue weighted by Gasteiger charge is -2.07. The molecule has 0 saturated carbocycles. The van der Waals surface area contributed by atoms with Crippen molar-refractivity contribution in [2.24, 2.45) is 5.92 Å². The molecule has 0 aliphatic heterocycles. The number of rotatable bonds is 6. The second-order valence-corrected chi connectivity index (χ2v) is 4.22. The summed E-state index contributed by atoms with van der Waals surface area (Å²) in [6.45, 7) is 5.89. The van der Waals surface area contributed by atoms with Gasteiger partial charge in [0, 0.05) is 31.9 Å². The first-order valence-electron chi connectivity index (χ1n) is 5.56. The summed E-state index contributed by atoms with van der Waals surface area (Å²) in [5.41, 5.74) is 0. The van der Waals surface area contributed by atoms with Gasteiger partial charge in [0.2, 0.25) is 5.91 Å². The third-order valence-electron chi connectivity index (χ3n) is 2.19. The molecule has 1 N–H and O–H groups in total. The van der Waals surface area contributed by atoms with Gasteiger partial charge in [-0.05, 0) is 24.5 Å². The fraction of sp³-hybridized carbons (Fsp3) is 0.583. The smallest absolute Gasteiger partial charge is 0.220 e. The number of hydrogen-bond donors (Lipinski definition) is 1. The molecule has 1 aromatic rings. The number of nitrogens with zero attached hydrogens (tertiary/aromatic N) is 1. The van der Waals surface area contributed by atoms with Gasteiger partial charge in [0.1, 0.15) is 0 Å². The standard InChI is InChI=1S/C12H20N2O/c1-11(2)10-13-12(15)6-5-9-14-7-3-4-8-14/h3-4,7-8,11H,5-6,9-10H2,1-2H3,(H,13,15). The largest absolute Gasteiger partial charge is 0.356 e. The SMILES string of the molecule is CC(C)CNC(=O)CCCn1cccc1. The lowest BCUT2D eigenvalue weighted by atomic mass is 10.2. The van der Waals surface area contributed by atoms with E-state index in [1.807, 2.05) is 24.5 Å². The maximum atomic E-state index is 11.4. The fourth-order valence-corrected chi connectivity index (χ4v) is 1.35. The van der Waals surface area contributed by atoms with Crippen molar-refractivity contribution in [3.8, 4) is 0 Å². The van der Waals surface area contributed by atoms with E-state index in [9.17, 15) is 4.79 Å². The van der Waals surface area contributed by atoms with Gasteiger partial charge in [-0.2, -0.15) is 0 Å². The first kappa shape index (κ1) is 11.8. The van der Waals surface area contributed by atoms with Gasteiger partial charge in [0.05, 0.1) is 0 Å². The number of carbonyl (C=O) groups is 1. The van der Waals surface area contributed by atoms with Gasteiger partial charge in [-0.3, -0.25) is 4.79 Å². The molecule has 0 aliphatic carbocycles. The minimum atomic E-state index is 0.163. The second kappa shape index (κ2) is 6.27. The second-order valence-electron chi connectivity index (χ2n) is 4.22.